The Hall–Kier alpha value is -2.39. The van der Waals surface area contributed by atoms with E-state index in [9.17, 15) is 14.0 Å². The molecular weight excluding hydrogens is 273 g/mol. The first-order valence-electron chi connectivity index (χ1n) is 6.34. The molecule has 0 spiro atoms. The van der Waals surface area contributed by atoms with Crippen molar-refractivity contribution in [2.24, 2.45) is 16.9 Å². The van der Waals surface area contributed by atoms with Gasteiger partial charge in [-0.2, -0.15) is 0 Å². The Balaban J connectivity index is 2.80. The summed E-state index contributed by atoms with van der Waals surface area (Å²) >= 11 is 0. The van der Waals surface area contributed by atoms with Crippen molar-refractivity contribution in [2.45, 2.75) is 13.8 Å². The Morgan fingerprint density at radius 2 is 2.05 bits per heavy atom. The van der Waals surface area contributed by atoms with Crippen LogP contribution in [0.25, 0.3) is 0 Å². The van der Waals surface area contributed by atoms with Gasteiger partial charge in [-0.25, -0.2) is 4.39 Å². The fourth-order valence-electron chi connectivity index (χ4n) is 1.39. The molecule has 0 aromatic heterocycles. The third-order valence-electron chi connectivity index (χ3n) is 2.91. The van der Waals surface area contributed by atoms with E-state index in [-0.39, 0.29) is 24.2 Å². The van der Waals surface area contributed by atoms with E-state index in [0.717, 1.165) is 6.07 Å². The number of primary amides is 1. The highest BCUT2D eigenvalue weighted by atomic mass is 19.1. The first-order chi connectivity index (χ1) is 9.77. The van der Waals surface area contributed by atoms with Crippen molar-refractivity contribution in [3.05, 3.63) is 35.1 Å². The molecule has 0 bridgehead atoms. The van der Waals surface area contributed by atoms with Crippen LogP contribution in [-0.4, -0.2) is 24.9 Å². The highest BCUT2D eigenvalue weighted by molar-refractivity contribution is 5.94. The molecule has 0 aliphatic carbocycles. The van der Waals surface area contributed by atoms with E-state index in [1.54, 1.807) is 13.8 Å². The number of hydrogen-bond donors (Lipinski definition) is 3. The zero-order chi connectivity index (χ0) is 16.0. The average molecular weight is 291 g/mol. The van der Waals surface area contributed by atoms with Gasteiger partial charge in [0.05, 0.1) is 17.5 Å². The summed E-state index contributed by atoms with van der Waals surface area (Å²) < 4.78 is 13.7. The Morgan fingerprint density at radius 3 is 2.57 bits per heavy atom. The molecule has 112 valence electrons. The molecule has 0 atom stereocenters. The zero-order valence-electron chi connectivity index (χ0n) is 12.0. The lowest BCUT2D eigenvalue weighted by Crippen LogP contribution is -2.42. The van der Waals surface area contributed by atoms with Gasteiger partial charge in [0.2, 0.25) is 5.91 Å². The number of nitrogens with one attached hydrogen (secondary N) is 1. The number of hydrogen-bond acceptors (Lipinski definition) is 3. The van der Waals surface area contributed by atoms with Gasteiger partial charge in [0.25, 0.3) is 5.91 Å². The summed E-state index contributed by atoms with van der Waals surface area (Å²) in [5.74, 6) is 3.49. The smallest absolute Gasteiger partial charge is 0.251 e. The van der Waals surface area contributed by atoms with Crippen molar-refractivity contribution in [1.29, 1.82) is 0 Å². The quantitative estimate of drug-likeness (QED) is 0.699. The van der Waals surface area contributed by atoms with E-state index in [0.29, 0.717) is 0 Å². The van der Waals surface area contributed by atoms with Gasteiger partial charge < -0.3 is 16.8 Å². The topological polar surface area (TPSA) is 98.2 Å². The van der Waals surface area contributed by atoms with E-state index >= 15 is 0 Å². The molecule has 0 unspecified atom stereocenters. The van der Waals surface area contributed by atoms with Crippen LogP contribution in [0.1, 0.15) is 29.8 Å². The van der Waals surface area contributed by atoms with Crippen LogP contribution >= 0.6 is 0 Å². The van der Waals surface area contributed by atoms with E-state index in [4.69, 9.17) is 11.5 Å². The maximum absolute atomic E-state index is 13.7. The van der Waals surface area contributed by atoms with E-state index in [1.807, 2.05) is 0 Å². The number of nitrogens with two attached hydrogens (primary N) is 2. The van der Waals surface area contributed by atoms with Crippen LogP contribution in [-0.2, 0) is 4.79 Å². The Morgan fingerprint density at radius 1 is 1.38 bits per heavy atom. The fraction of sp³-hybridized carbons (Fsp3) is 0.333. The molecule has 1 rings (SSSR count). The number of amides is 2. The van der Waals surface area contributed by atoms with Crippen LogP contribution in [0.4, 0.5) is 4.39 Å². The van der Waals surface area contributed by atoms with Crippen molar-refractivity contribution in [3.8, 4) is 11.8 Å². The molecule has 5 nitrogen and oxygen atoms in total. The van der Waals surface area contributed by atoms with Gasteiger partial charge in [0.15, 0.2) is 0 Å². The van der Waals surface area contributed by atoms with Crippen LogP contribution in [0.2, 0.25) is 0 Å². The maximum atomic E-state index is 13.7. The SMILES string of the molecule is CC(C)(CNC(=O)c1ccc(C#CCN)c(F)c1)C(N)=O. The Bertz CT molecular complexity index is 615. The summed E-state index contributed by atoms with van der Waals surface area (Å²) in [4.78, 5) is 23.1. The van der Waals surface area contributed by atoms with Gasteiger partial charge in [-0.1, -0.05) is 11.8 Å². The molecule has 1 aromatic rings. The second kappa shape index (κ2) is 6.86. The fourth-order valence-corrected chi connectivity index (χ4v) is 1.39. The van der Waals surface area contributed by atoms with Crippen LogP contribution in [0, 0.1) is 23.1 Å². The molecule has 0 saturated carbocycles. The van der Waals surface area contributed by atoms with E-state index < -0.39 is 23.0 Å². The largest absolute Gasteiger partial charge is 0.369 e. The molecule has 21 heavy (non-hydrogen) atoms. The zero-order valence-corrected chi connectivity index (χ0v) is 12.0. The normalized spacial score (nSPS) is 10.5. The lowest BCUT2D eigenvalue weighted by Gasteiger charge is -2.20. The first kappa shape index (κ1) is 16.7. The van der Waals surface area contributed by atoms with E-state index in [2.05, 4.69) is 17.2 Å². The van der Waals surface area contributed by atoms with Gasteiger partial charge >= 0.3 is 0 Å². The van der Waals surface area contributed by atoms with Crippen LogP contribution in [0.3, 0.4) is 0 Å². The number of carbonyl (C=O) groups is 2. The predicted octanol–water partition coefficient (Wildman–Crippen LogP) is 0.377. The maximum Gasteiger partial charge on any atom is 0.251 e. The van der Waals surface area contributed by atoms with Gasteiger partial charge in [-0.05, 0) is 32.0 Å². The lowest BCUT2D eigenvalue weighted by atomic mass is 9.92. The van der Waals surface area contributed by atoms with Crippen molar-refractivity contribution in [3.63, 3.8) is 0 Å². The molecule has 0 fully saturated rings. The van der Waals surface area contributed by atoms with Gasteiger partial charge in [0.1, 0.15) is 5.82 Å². The third-order valence-corrected chi connectivity index (χ3v) is 2.91. The third kappa shape index (κ3) is 4.58. The highest BCUT2D eigenvalue weighted by Gasteiger charge is 2.25. The Labute approximate surface area is 122 Å². The van der Waals surface area contributed by atoms with Gasteiger partial charge in [0, 0.05) is 12.1 Å². The van der Waals surface area contributed by atoms with Crippen LogP contribution in [0.15, 0.2) is 18.2 Å². The summed E-state index contributed by atoms with van der Waals surface area (Å²) in [6, 6.07) is 3.95. The highest BCUT2D eigenvalue weighted by Crippen LogP contribution is 2.13. The molecule has 0 aliphatic heterocycles. The van der Waals surface area contributed by atoms with Crippen LogP contribution < -0.4 is 16.8 Å². The molecule has 0 aliphatic rings. The lowest BCUT2D eigenvalue weighted by molar-refractivity contribution is -0.125. The number of rotatable bonds is 4. The summed E-state index contributed by atoms with van der Waals surface area (Å²) in [7, 11) is 0. The molecule has 6 heteroatoms. The molecule has 5 N–H and O–H groups in total. The van der Waals surface area contributed by atoms with Crippen molar-refractivity contribution >= 4 is 11.8 Å². The molecular formula is C15H18FN3O2. The van der Waals surface area contributed by atoms with E-state index in [1.165, 1.54) is 12.1 Å². The van der Waals surface area contributed by atoms with Gasteiger partial charge in [-0.3, -0.25) is 9.59 Å². The molecule has 0 heterocycles. The summed E-state index contributed by atoms with van der Waals surface area (Å²) in [5, 5.41) is 2.55. The predicted molar refractivity (Wildman–Crippen MR) is 77.6 cm³/mol. The Kier molecular flexibility index (Phi) is 5.44. The van der Waals surface area contributed by atoms with Crippen molar-refractivity contribution in [1.82, 2.24) is 5.32 Å². The summed E-state index contributed by atoms with van der Waals surface area (Å²) in [6.07, 6.45) is 0. The molecule has 2 amide bonds. The number of benzene rings is 1. The van der Waals surface area contributed by atoms with Crippen molar-refractivity contribution < 1.29 is 14.0 Å². The first-order valence-corrected chi connectivity index (χ1v) is 6.34. The molecule has 1 aromatic carbocycles. The monoisotopic (exact) mass is 291 g/mol. The minimum Gasteiger partial charge on any atom is -0.369 e. The summed E-state index contributed by atoms with van der Waals surface area (Å²) in [6.45, 7) is 3.42. The van der Waals surface area contributed by atoms with Crippen LogP contribution in [0.5, 0.6) is 0 Å². The number of carbonyl (C=O) groups excluding carboxylic acids is 2. The second-order valence-corrected chi connectivity index (χ2v) is 5.13. The minimum atomic E-state index is -0.874. The standard InChI is InChI=1S/C15H18FN3O2/c1-15(2,14(18)21)9-19-13(20)11-6-5-10(4-3-7-17)12(16)8-11/h5-6,8H,7,9,17H2,1-2H3,(H2,18,21)(H,19,20). The molecule has 0 saturated heterocycles. The van der Waals surface area contributed by atoms with Gasteiger partial charge in [-0.15, -0.1) is 0 Å². The molecule has 0 radical (unpaired) electrons. The number of halogens is 1. The summed E-state index contributed by atoms with van der Waals surface area (Å²) in [5.41, 5.74) is 9.87. The minimum absolute atomic E-state index is 0.0670. The second-order valence-electron chi connectivity index (χ2n) is 5.13. The average Bonchev–Trinajstić information content (AvgIpc) is 2.43. The van der Waals surface area contributed by atoms with Crippen molar-refractivity contribution in [2.75, 3.05) is 13.1 Å².